The number of carbonyl (C=O) groups excluding carboxylic acids is 1. The third-order valence-corrected chi connectivity index (χ3v) is 3.59. The van der Waals surface area contributed by atoms with Crippen LogP contribution in [-0.4, -0.2) is 19.4 Å². The van der Waals surface area contributed by atoms with Gasteiger partial charge < -0.3 is 15.2 Å². The molecule has 0 fully saturated rings. The second kappa shape index (κ2) is 8.19. The number of methoxy groups -OCH3 is 1. The van der Waals surface area contributed by atoms with Crippen molar-refractivity contribution in [2.75, 3.05) is 7.11 Å². The lowest BCUT2D eigenvalue weighted by Crippen LogP contribution is -2.24. The summed E-state index contributed by atoms with van der Waals surface area (Å²) in [4.78, 5) is 10.6. The molecule has 0 aliphatic heterocycles. The Kier molecular flexibility index (Phi) is 5.99. The molecule has 2 amide bonds. The van der Waals surface area contributed by atoms with Crippen LogP contribution in [0.1, 0.15) is 11.1 Å². The van der Waals surface area contributed by atoms with E-state index < -0.39 is 6.03 Å². The molecule has 0 heterocycles. The second-order valence-corrected chi connectivity index (χ2v) is 5.39. The molecule has 0 radical (unpaired) electrons. The molecule has 3 N–H and O–H groups in total. The fourth-order valence-corrected chi connectivity index (χ4v) is 2.25. The number of carbonyl (C=O) groups is 1. The predicted octanol–water partition coefficient (Wildman–Crippen LogP) is 3.04. The number of hydrazone groups is 1. The zero-order chi connectivity index (χ0) is 16.7. The number of halogens is 1. The molecule has 0 atom stereocenters. The highest BCUT2D eigenvalue weighted by molar-refractivity contribution is 9.10. The Labute approximate surface area is 142 Å². The monoisotopic (exact) mass is 377 g/mol. The lowest BCUT2D eigenvalue weighted by Gasteiger charge is -2.12. The molecule has 0 spiro atoms. The van der Waals surface area contributed by atoms with Crippen molar-refractivity contribution in [3.8, 4) is 11.5 Å². The summed E-state index contributed by atoms with van der Waals surface area (Å²) in [6.45, 7) is 0.431. The number of nitrogens with one attached hydrogen (secondary N) is 1. The standard InChI is InChI=1S/C16H16BrN3O3/c1-22-14-7-12(9-19-20-16(18)21)13(17)8-15(14)23-10-11-5-3-2-4-6-11/h2-9H,10H2,1H3,(H3,18,20,21). The number of benzene rings is 2. The van der Waals surface area contributed by atoms with Crippen LogP contribution in [0.25, 0.3) is 0 Å². The number of nitrogens with two attached hydrogens (primary N) is 1. The topological polar surface area (TPSA) is 85.9 Å². The van der Waals surface area contributed by atoms with Gasteiger partial charge in [-0.25, -0.2) is 10.2 Å². The molecule has 0 aliphatic rings. The Hall–Kier alpha value is -2.54. The number of ether oxygens (including phenoxy) is 2. The zero-order valence-corrected chi connectivity index (χ0v) is 14.0. The highest BCUT2D eigenvalue weighted by Crippen LogP contribution is 2.33. The van der Waals surface area contributed by atoms with E-state index in [1.807, 2.05) is 30.3 Å². The first-order chi connectivity index (χ1) is 11.1. The van der Waals surface area contributed by atoms with Crippen LogP contribution in [0.3, 0.4) is 0 Å². The largest absolute Gasteiger partial charge is 0.493 e. The van der Waals surface area contributed by atoms with Crippen molar-refractivity contribution in [1.82, 2.24) is 5.43 Å². The fraction of sp³-hybridized carbons (Fsp3) is 0.125. The van der Waals surface area contributed by atoms with E-state index in [9.17, 15) is 4.79 Å². The summed E-state index contributed by atoms with van der Waals surface area (Å²) in [5.41, 5.74) is 8.85. The van der Waals surface area contributed by atoms with E-state index in [4.69, 9.17) is 15.2 Å². The summed E-state index contributed by atoms with van der Waals surface area (Å²) >= 11 is 3.43. The van der Waals surface area contributed by atoms with Gasteiger partial charge in [0.2, 0.25) is 0 Å². The highest BCUT2D eigenvalue weighted by Gasteiger charge is 2.09. The van der Waals surface area contributed by atoms with Crippen LogP contribution in [0.5, 0.6) is 11.5 Å². The van der Waals surface area contributed by atoms with Gasteiger partial charge in [0.15, 0.2) is 11.5 Å². The average molecular weight is 378 g/mol. The van der Waals surface area contributed by atoms with Crippen LogP contribution in [0.15, 0.2) is 52.0 Å². The molecule has 2 rings (SSSR count). The van der Waals surface area contributed by atoms with Crippen molar-refractivity contribution in [3.05, 3.63) is 58.1 Å². The van der Waals surface area contributed by atoms with E-state index in [0.717, 1.165) is 10.0 Å². The van der Waals surface area contributed by atoms with Gasteiger partial charge in [-0.15, -0.1) is 0 Å². The number of amides is 2. The smallest absolute Gasteiger partial charge is 0.332 e. The summed E-state index contributed by atoms with van der Waals surface area (Å²) < 4.78 is 11.9. The fourth-order valence-electron chi connectivity index (χ4n) is 1.82. The molecule has 0 saturated carbocycles. The molecule has 0 bridgehead atoms. The molecule has 23 heavy (non-hydrogen) atoms. The lowest BCUT2D eigenvalue weighted by molar-refractivity contribution is 0.249. The van der Waals surface area contributed by atoms with E-state index >= 15 is 0 Å². The van der Waals surface area contributed by atoms with Crippen molar-refractivity contribution < 1.29 is 14.3 Å². The molecule has 0 aliphatic carbocycles. The molecule has 2 aromatic rings. The normalized spacial score (nSPS) is 10.5. The van der Waals surface area contributed by atoms with Gasteiger partial charge in [-0.05, 0) is 33.6 Å². The lowest BCUT2D eigenvalue weighted by atomic mass is 10.2. The molecule has 0 aromatic heterocycles. The average Bonchev–Trinajstić information content (AvgIpc) is 2.55. The molecule has 7 heteroatoms. The van der Waals surface area contributed by atoms with Gasteiger partial charge in [0.1, 0.15) is 6.61 Å². The third kappa shape index (κ3) is 5.00. The highest BCUT2D eigenvalue weighted by atomic mass is 79.9. The molecule has 0 saturated heterocycles. The first-order valence-corrected chi connectivity index (χ1v) is 7.52. The predicted molar refractivity (Wildman–Crippen MR) is 91.8 cm³/mol. The van der Waals surface area contributed by atoms with E-state index in [1.54, 1.807) is 19.2 Å². The van der Waals surface area contributed by atoms with Gasteiger partial charge >= 0.3 is 6.03 Å². The Morgan fingerprint density at radius 2 is 2.04 bits per heavy atom. The van der Waals surface area contributed by atoms with Crippen molar-refractivity contribution in [3.63, 3.8) is 0 Å². The van der Waals surface area contributed by atoms with Gasteiger partial charge in [0.25, 0.3) is 0 Å². The van der Waals surface area contributed by atoms with Gasteiger partial charge in [-0.3, -0.25) is 0 Å². The van der Waals surface area contributed by atoms with Crippen LogP contribution in [0.4, 0.5) is 4.79 Å². The van der Waals surface area contributed by atoms with Crippen LogP contribution < -0.4 is 20.6 Å². The van der Waals surface area contributed by atoms with Crippen molar-refractivity contribution in [2.45, 2.75) is 6.61 Å². The maximum atomic E-state index is 10.6. The molecule has 120 valence electrons. The van der Waals surface area contributed by atoms with E-state index in [1.165, 1.54) is 6.21 Å². The van der Waals surface area contributed by atoms with Crippen LogP contribution in [0, 0.1) is 0 Å². The van der Waals surface area contributed by atoms with Crippen LogP contribution in [-0.2, 0) is 6.61 Å². The Morgan fingerprint density at radius 1 is 1.30 bits per heavy atom. The minimum absolute atomic E-state index is 0.431. The first-order valence-electron chi connectivity index (χ1n) is 6.73. The summed E-state index contributed by atoms with van der Waals surface area (Å²) in [5, 5.41) is 3.72. The summed E-state index contributed by atoms with van der Waals surface area (Å²) in [7, 11) is 1.56. The minimum atomic E-state index is -0.729. The van der Waals surface area contributed by atoms with Crippen LogP contribution in [0.2, 0.25) is 0 Å². The number of primary amides is 1. The summed E-state index contributed by atoms with van der Waals surface area (Å²) in [6, 6.07) is 12.6. The molecular formula is C16H16BrN3O3. The SMILES string of the molecule is COc1cc(C=NNC(N)=O)c(Br)cc1OCc1ccccc1. The molecular weight excluding hydrogens is 362 g/mol. The number of hydrogen-bond acceptors (Lipinski definition) is 4. The van der Waals surface area contributed by atoms with E-state index in [2.05, 4.69) is 26.5 Å². The molecule has 0 unspecified atom stereocenters. The van der Waals surface area contributed by atoms with Crippen LogP contribution >= 0.6 is 15.9 Å². The van der Waals surface area contributed by atoms with Gasteiger partial charge in [0.05, 0.1) is 13.3 Å². The van der Waals surface area contributed by atoms with Crippen molar-refractivity contribution in [2.24, 2.45) is 10.8 Å². The number of rotatable bonds is 6. The molecule has 6 nitrogen and oxygen atoms in total. The quantitative estimate of drug-likeness (QED) is 0.599. The minimum Gasteiger partial charge on any atom is -0.493 e. The molecule has 2 aromatic carbocycles. The number of nitrogens with zero attached hydrogens (tertiary/aromatic N) is 1. The maximum absolute atomic E-state index is 10.6. The Bertz CT molecular complexity index is 705. The van der Waals surface area contributed by atoms with Gasteiger partial charge in [0, 0.05) is 10.0 Å². The Morgan fingerprint density at radius 3 is 2.70 bits per heavy atom. The Balaban J connectivity index is 2.15. The van der Waals surface area contributed by atoms with E-state index in [0.29, 0.717) is 23.7 Å². The summed E-state index contributed by atoms with van der Waals surface area (Å²) in [6.07, 6.45) is 1.46. The third-order valence-electron chi connectivity index (χ3n) is 2.90. The summed E-state index contributed by atoms with van der Waals surface area (Å²) in [5.74, 6) is 1.16. The van der Waals surface area contributed by atoms with Crippen molar-refractivity contribution >= 4 is 28.2 Å². The maximum Gasteiger partial charge on any atom is 0.332 e. The van der Waals surface area contributed by atoms with Crippen molar-refractivity contribution in [1.29, 1.82) is 0 Å². The second-order valence-electron chi connectivity index (χ2n) is 4.53. The number of hydrogen-bond donors (Lipinski definition) is 2. The van der Waals surface area contributed by atoms with E-state index in [-0.39, 0.29) is 0 Å². The first kappa shape index (κ1) is 16.8. The number of urea groups is 1. The van der Waals surface area contributed by atoms with Gasteiger partial charge in [-0.1, -0.05) is 30.3 Å². The zero-order valence-electron chi connectivity index (χ0n) is 12.5. The van der Waals surface area contributed by atoms with Gasteiger partial charge in [-0.2, -0.15) is 5.10 Å².